The van der Waals surface area contributed by atoms with Crippen molar-refractivity contribution in [3.05, 3.63) is 40.7 Å². The number of nitrogens with one attached hydrogen (secondary N) is 1. The van der Waals surface area contributed by atoms with Gasteiger partial charge in [-0.15, -0.1) is 4.40 Å². The number of hydrogen-bond donors (Lipinski definition) is 2. The molecule has 174 valence electrons. The summed E-state index contributed by atoms with van der Waals surface area (Å²) in [4.78, 5) is 0. The van der Waals surface area contributed by atoms with E-state index in [0.29, 0.717) is 0 Å². The predicted molar refractivity (Wildman–Crippen MR) is 122 cm³/mol. The number of nitrogens with zero attached hydrogens (tertiary/aromatic N) is 4. The van der Waals surface area contributed by atoms with Crippen LogP contribution in [0.3, 0.4) is 0 Å². The number of aryl methyl sites for hydroxylation is 3. The molecule has 2 aliphatic rings. The van der Waals surface area contributed by atoms with Gasteiger partial charge in [0.05, 0.1) is 23.5 Å². The standard InChI is InChI=1S/C22H31N5O4S/c1-22(2,29)10-11-27(17-13-23-26(3)14-17)32(30,31)25-21(28)24-20-18-8-4-6-15(18)12-16-7-5-9-19(16)20/h12-14,29H,4-11H2,1-3H3,(H2,24,25,28)/p-1. The molecule has 0 bridgehead atoms. The zero-order valence-corrected chi connectivity index (χ0v) is 19.6. The van der Waals surface area contributed by atoms with Crippen molar-refractivity contribution in [2.75, 3.05) is 16.2 Å². The fourth-order valence-electron chi connectivity index (χ4n) is 4.54. The second kappa shape index (κ2) is 8.40. The number of amidine groups is 1. The minimum Gasteiger partial charge on any atom is -0.845 e. The summed E-state index contributed by atoms with van der Waals surface area (Å²) < 4.78 is 32.3. The molecule has 0 spiro atoms. The van der Waals surface area contributed by atoms with Gasteiger partial charge in [-0.25, -0.2) is 4.31 Å². The predicted octanol–water partition coefficient (Wildman–Crippen LogP) is 1.44. The van der Waals surface area contributed by atoms with Crippen molar-refractivity contribution < 1.29 is 18.6 Å². The molecule has 1 aromatic heterocycles. The summed E-state index contributed by atoms with van der Waals surface area (Å²) in [5.74, 6) is 0. The highest BCUT2D eigenvalue weighted by Gasteiger charge is 2.27. The van der Waals surface area contributed by atoms with Crippen molar-refractivity contribution in [2.24, 2.45) is 11.4 Å². The molecule has 0 aliphatic heterocycles. The van der Waals surface area contributed by atoms with Crippen LogP contribution in [0.4, 0.5) is 11.4 Å². The van der Waals surface area contributed by atoms with E-state index in [-0.39, 0.29) is 18.7 Å². The molecule has 2 N–H and O–H groups in total. The smallest absolute Gasteiger partial charge is 0.345 e. The summed E-state index contributed by atoms with van der Waals surface area (Å²) in [5.41, 5.74) is 4.66. The van der Waals surface area contributed by atoms with E-state index in [4.69, 9.17) is 0 Å². The van der Waals surface area contributed by atoms with Crippen LogP contribution in [0.2, 0.25) is 0 Å². The number of benzene rings is 1. The lowest BCUT2D eigenvalue weighted by Gasteiger charge is -2.26. The van der Waals surface area contributed by atoms with E-state index < -0.39 is 21.8 Å². The Morgan fingerprint density at radius 3 is 2.41 bits per heavy atom. The van der Waals surface area contributed by atoms with Crippen molar-refractivity contribution in [3.8, 4) is 0 Å². The Labute approximate surface area is 189 Å². The van der Waals surface area contributed by atoms with Crippen LogP contribution in [-0.4, -0.2) is 41.5 Å². The molecule has 0 saturated carbocycles. The van der Waals surface area contributed by atoms with E-state index >= 15 is 0 Å². The van der Waals surface area contributed by atoms with Gasteiger partial charge < -0.3 is 15.5 Å². The quantitative estimate of drug-likeness (QED) is 0.476. The molecule has 2 aliphatic carbocycles. The molecule has 0 atom stereocenters. The lowest BCUT2D eigenvalue weighted by molar-refractivity contribution is -0.213. The Bertz CT molecular complexity index is 1120. The molecule has 0 saturated heterocycles. The van der Waals surface area contributed by atoms with E-state index in [2.05, 4.69) is 20.9 Å². The number of fused-ring (bicyclic) bond motifs is 2. The SMILES string of the molecule is Cn1cc(N(CCC(C)(C)O)S(=O)(=O)/N=C(\[O-])Nc2c3c(cc4c2CCC4)CCC3)cn1. The molecule has 10 heteroatoms. The Hall–Kier alpha value is -2.59. The highest BCUT2D eigenvalue weighted by Crippen LogP contribution is 2.38. The number of aromatic nitrogens is 2. The number of anilines is 2. The van der Waals surface area contributed by atoms with Crippen LogP contribution in [0.25, 0.3) is 0 Å². The zero-order valence-electron chi connectivity index (χ0n) is 18.8. The van der Waals surface area contributed by atoms with Crippen molar-refractivity contribution in [3.63, 3.8) is 0 Å². The molecule has 0 amide bonds. The van der Waals surface area contributed by atoms with Crippen LogP contribution in [0.15, 0.2) is 22.9 Å². The molecule has 0 fully saturated rings. The van der Waals surface area contributed by atoms with Crippen molar-refractivity contribution >= 4 is 27.6 Å². The fraction of sp³-hybridized carbons (Fsp3) is 0.545. The summed E-state index contributed by atoms with van der Waals surface area (Å²) in [6.07, 6.45) is 8.86. The van der Waals surface area contributed by atoms with E-state index in [1.165, 1.54) is 28.2 Å². The first-order valence-electron chi connectivity index (χ1n) is 11.0. The van der Waals surface area contributed by atoms with Gasteiger partial charge in [0, 0.05) is 25.5 Å². The molecular formula is C22H30N5O4S-. The van der Waals surface area contributed by atoms with Gasteiger partial charge in [0.15, 0.2) is 0 Å². The number of hydrogen-bond acceptors (Lipinski definition) is 5. The summed E-state index contributed by atoms with van der Waals surface area (Å²) >= 11 is 0. The molecule has 1 heterocycles. The van der Waals surface area contributed by atoms with Gasteiger partial charge in [-0.2, -0.15) is 13.5 Å². The number of aliphatic hydroxyl groups is 1. The first-order valence-corrected chi connectivity index (χ1v) is 12.4. The highest BCUT2D eigenvalue weighted by molar-refractivity contribution is 7.91. The fourth-order valence-corrected chi connectivity index (χ4v) is 5.58. The lowest BCUT2D eigenvalue weighted by atomic mass is 9.99. The third-order valence-corrected chi connectivity index (χ3v) is 7.43. The average molecular weight is 461 g/mol. The topological polar surface area (TPSA) is 123 Å². The molecular weight excluding hydrogens is 430 g/mol. The minimum absolute atomic E-state index is 0.0373. The lowest BCUT2D eigenvalue weighted by Crippen LogP contribution is -2.37. The van der Waals surface area contributed by atoms with Crippen molar-refractivity contribution in [2.45, 2.75) is 64.4 Å². The van der Waals surface area contributed by atoms with E-state index in [1.54, 1.807) is 20.9 Å². The molecule has 1 aromatic carbocycles. The van der Waals surface area contributed by atoms with Gasteiger partial charge in [0.1, 0.15) is 0 Å². The van der Waals surface area contributed by atoms with E-state index in [1.807, 2.05) is 0 Å². The summed E-state index contributed by atoms with van der Waals surface area (Å²) in [7, 11) is -2.68. The van der Waals surface area contributed by atoms with Crippen LogP contribution in [0.1, 0.15) is 55.4 Å². The van der Waals surface area contributed by atoms with Crippen LogP contribution in [0.5, 0.6) is 0 Å². The van der Waals surface area contributed by atoms with Crippen LogP contribution in [0, 0.1) is 0 Å². The Kier molecular flexibility index (Phi) is 5.93. The Morgan fingerprint density at radius 2 is 1.88 bits per heavy atom. The first-order chi connectivity index (χ1) is 15.0. The third kappa shape index (κ3) is 4.75. The summed E-state index contributed by atoms with van der Waals surface area (Å²) in [6.45, 7) is 3.16. The highest BCUT2D eigenvalue weighted by atomic mass is 32.2. The van der Waals surface area contributed by atoms with Gasteiger partial charge in [-0.3, -0.25) is 4.68 Å². The van der Waals surface area contributed by atoms with Crippen LogP contribution >= 0.6 is 0 Å². The van der Waals surface area contributed by atoms with Crippen molar-refractivity contribution in [1.82, 2.24) is 9.78 Å². The van der Waals surface area contributed by atoms with Gasteiger partial charge in [0.25, 0.3) is 0 Å². The third-order valence-electron chi connectivity index (χ3n) is 6.09. The second-order valence-electron chi connectivity index (χ2n) is 9.24. The maximum Gasteiger partial charge on any atom is 0.345 e. The van der Waals surface area contributed by atoms with Gasteiger partial charge >= 0.3 is 10.2 Å². The monoisotopic (exact) mass is 460 g/mol. The molecule has 0 radical (unpaired) electrons. The number of rotatable bonds is 7. The summed E-state index contributed by atoms with van der Waals surface area (Å²) in [5, 5.41) is 29.7. The van der Waals surface area contributed by atoms with Gasteiger partial charge in [-0.05, 0) is 81.0 Å². The minimum atomic E-state index is -4.35. The average Bonchev–Trinajstić information content (AvgIpc) is 3.40. The second-order valence-corrected chi connectivity index (χ2v) is 10.8. The molecule has 32 heavy (non-hydrogen) atoms. The molecule has 2 aromatic rings. The van der Waals surface area contributed by atoms with Gasteiger partial charge in [0.2, 0.25) is 0 Å². The first kappa shape index (κ1) is 22.6. The normalized spacial score (nSPS) is 16.2. The zero-order chi connectivity index (χ0) is 23.1. The van der Waals surface area contributed by atoms with E-state index in [9.17, 15) is 18.6 Å². The maximum atomic E-state index is 13.1. The Morgan fingerprint density at radius 1 is 1.25 bits per heavy atom. The Balaban J connectivity index is 1.64. The largest absolute Gasteiger partial charge is 0.845 e. The summed E-state index contributed by atoms with van der Waals surface area (Å²) in [6, 6.07) is 1.34. The molecule has 9 nitrogen and oxygen atoms in total. The molecule has 0 unspecified atom stereocenters. The van der Waals surface area contributed by atoms with Gasteiger partial charge in [-0.1, -0.05) is 6.07 Å². The molecule has 4 rings (SSSR count). The van der Waals surface area contributed by atoms with Crippen LogP contribution in [-0.2, 0) is 42.9 Å². The van der Waals surface area contributed by atoms with Crippen LogP contribution < -0.4 is 14.7 Å². The van der Waals surface area contributed by atoms with E-state index in [0.717, 1.165) is 59.6 Å². The van der Waals surface area contributed by atoms with Crippen molar-refractivity contribution in [1.29, 1.82) is 0 Å². The maximum absolute atomic E-state index is 13.1.